The molecule has 2 aliphatic heterocycles. The van der Waals surface area contributed by atoms with Crippen LogP contribution in [0.25, 0.3) is 10.9 Å². The number of rotatable bonds is 9. The number of piperidine rings is 1. The Hall–Kier alpha value is -2.48. The van der Waals surface area contributed by atoms with Crippen molar-refractivity contribution in [3.63, 3.8) is 0 Å². The lowest BCUT2D eigenvalue weighted by Gasteiger charge is -2.44. The van der Waals surface area contributed by atoms with E-state index in [9.17, 15) is 5.11 Å². The number of nitrogens with zero attached hydrogens (tertiary/aromatic N) is 3. The van der Waals surface area contributed by atoms with E-state index in [-0.39, 0.29) is 5.92 Å². The number of fused-ring (bicyclic) bond motifs is 1. The van der Waals surface area contributed by atoms with Gasteiger partial charge in [0.05, 0.1) is 24.3 Å². The van der Waals surface area contributed by atoms with E-state index < -0.39 is 5.60 Å². The van der Waals surface area contributed by atoms with Crippen molar-refractivity contribution in [1.82, 2.24) is 9.88 Å². The fraction of sp³-hybridized carbons (Fsp3) is 0.364. The molecule has 0 aliphatic carbocycles. The van der Waals surface area contributed by atoms with Crippen LogP contribution in [0.3, 0.4) is 0 Å². The number of allylic oxidation sites excluding steroid dienone is 3. The van der Waals surface area contributed by atoms with Crippen molar-refractivity contribution in [2.45, 2.75) is 30.8 Å². The Kier molecular flexibility index (Phi) is 9.44. The summed E-state index contributed by atoms with van der Waals surface area (Å²) in [5.74, 6) is 0.671. The summed E-state index contributed by atoms with van der Waals surface area (Å²) in [6, 6.07) is 16.4. The number of likely N-dealkylation sites (tertiary alicyclic amines) is 1. The summed E-state index contributed by atoms with van der Waals surface area (Å²) >= 11 is 9.95. The van der Waals surface area contributed by atoms with Crippen molar-refractivity contribution < 1.29 is 9.84 Å². The average Bonchev–Trinajstić information content (AvgIpc) is 2.97. The molecule has 2 fully saturated rings. The first kappa shape index (κ1) is 29.0. The second-order valence-corrected chi connectivity index (χ2v) is 12.1. The van der Waals surface area contributed by atoms with Crippen molar-refractivity contribution in [2.24, 2.45) is 0 Å². The third-order valence-electron chi connectivity index (χ3n) is 8.18. The number of hydrogen-bond acceptors (Lipinski definition) is 5. The third-order valence-corrected chi connectivity index (χ3v) is 8.93. The van der Waals surface area contributed by atoms with E-state index in [4.69, 9.17) is 21.3 Å². The molecule has 40 heavy (non-hydrogen) atoms. The predicted octanol–water partition coefficient (Wildman–Crippen LogP) is 7.13. The minimum Gasteiger partial charge on any atom is -0.389 e. The number of halogens is 2. The SMILES string of the molecule is C=C/C=C(\C=C)CCN1CCC(O)(C(c2ccc(Cl)cc2)c2cc3cc(Br)ccc3nc2N2CCOCC2)CC1. The normalized spacial score (nSPS) is 19.0. The number of ether oxygens (including phenoxy) is 1. The van der Waals surface area contributed by atoms with Crippen LogP contribution in [0, 0.1) is 0 Å². The minimum absolute atomic E-state index is 0.259. The Labute approximate surface area is 250 Å². The fourth-order valence-corrected chi connectivity index (χ4v) is 6.48. The molecule has 7 heteroatoms. The van der Waals surface area contributed by atoms with E-state index in [1.807, 2.05) is 36.4 Å². The van der Waals surface area contributed by atoms with Crippen LogP contribution in [0.5, 0.6) is 0 Å². The molecule has 3 aromatic rings. The van der Waals surface area contributed by atoms with Gasteiger partial charge in [0.25, 0.3) is 0 Å². The zero-order valence-electron chi connectivity index (χ0n) is 22.9. The largest absolute Gasteiger partial charge is 0.389 e. The Balaban J connectivity index is 1.54. The number of benzene rings is 2. The van der Waals surface area contributed by atoms with Gasteiger partial charge in [-0.05, 0) is 66.8 Å². The predicted molar refractivity (Wildman–Crippen MR) is 169 cm³/mol. The van der Waals surface area contributed by atoms with E-state index in [1.54, 1.807) is 0 Å². The highest BCUT2D eigenvalue weighted by atomic mass is 79.9. The zero-order chi connectivity index (χ0) is 28.1. The molecule has 5 rings (SSSR count). The van der Waals surface area contributed by atoms with Crippen LogP contribution in [0.1, 0.15) is 36.3 Å². The van der Waals surface area contributed by atoms with Crippen molar-refractivity contribution in [1.29, 1.82) is 0 Å². The molecule has 0 amide bonds. The van der Waals surface area contributed by atoms with E-state index in [2.05, 4.69) is 69.2 Å². The van der Waals surface area contributed by atoms with Crippen LogP contribution in [-0.2, 0) is 4.74 Å². The van der Waals surface area contributed by atoms with Gasteiger partial charge in [0, 0.05) is 59.1 Å². The van der Waals surface area contributed by atoms with Gasteiger partial charge in [0.1, 0.15) is 5.82 Å². The lowest BCUT2D eigenvalue weighted by Crippen LogP contribution is -2.49. The highest BCUT2D eigenvalue weighted by Crippen LogP contribution is 2.45. The molecule has 1 atom stereocenters. The van der Waals surface area contributed by atoms with E-state index in [0.717, 1.165) is 71.5 Å². The van der Waals surface area contributed by atoms with Gasteiger partial charge >= 0.3 is 0 Å². The molecule has 2 saturated heterocycles. The Morgan fingerprint density at radius 2 is 1.80 bits per heavy atom. The molecular formula is C33H37BrClN3O2. The molecule has 2 aliphatic rings. The van der Waals surface area contributed by atoms with Crippen LogP contribution < -0.4 is 4.90 Å². The van der Waals surface area contributed by atoms with Crippen LogP contribution >= 0.6 is 27.5 Å². The summed E-state index contributed by atoms with van der Waals surface area (Å²) in [6.45, 7) is 13.2. The van der Waals surface area contributed by atoms with Crippen LogP contribution in [0.15, 0.2) is 90.0 Å². The zero-order valence-corrected chi connectivity index (χ0v) is 25.2. The molecule has 1 aromatic heterocycles. The summed E-state index contributed by atoms with van der Waals surface area (Å²) in [5.41, 5.74) is 3.28. The maximum atomic E-state index is 12.5. The van der Waals surface area contributed by atoms with Crippen molar-refractivity contribution >= 4 is 44.3 Å². The van der Waals surface area contributed by atoms with Crippen LogP contribution in [0.2, 0.25) is 5.02 Å². The first-order valence-corrected chi connectivity index (χ1v) is 15.1. The van der Waals surface area contributed by atoms with Gasteiger partial charge in [-0.2, -0.15) is 0 Å². The molecule has 0 saturated carbocycles. The second kappa shape index (κ2) is 13.0. The highest BCUT2D eigenvalue weighted by molar-refractivity contribution is 9.10. The molecule has 0 radical (unpaired) electrons. The summed E-state index contributed by atoms with van der Waals surface area (Å²) in [4.78, 5) is 9.95. The van der Waals surface area contributed by atoms with Gasteiger partial charge in [-0.15, -0.1) is 0 Å². The van der Waals surface area contributed by atoms with Gasteiger partial charge in [-0.3, -0.25) is 0 Å². The average molecular weight is 623 g/mol. The molecule has 5 nitrogen and oxygen atoms in total. The molecule has 3 heterocycles. The summed E-state index contributed by atoms with van der Waals surface area (Å²) in [6.07, 6.45) is 7.96. The first-order valence-electron chi connectivity index (χ1n) is 14.0. The smallest absolute Gasteiger partial charge is 0.133 e. The molecule has 210 valence electrons. The lowest BCUT2D eigenvalue weighted by atomic mass is 9.72. The fourth-order valence-electron chi connectivity index (χ4n) is 5.97. The molecule has 1 unspecified atom stereocenters. The summed E-state index contributed by atoms with van der Waals surface area (Å²) < 4.78 is 6.68. The van der Waals surface area contributed by atoms with Crippen molar-refractivity contribution in [2.75, 3.05) is 50.8 Å². The van der Waals surface area contributed by atoms with Crippen LogP contribution in [0.4, 0.5) is 5.82 Å². The second-order valence-electron chi connectivity index (χ2n) is 10.7. The third kappa shape index (κ3) is 6.53. The van der Waals surface area contributed by atoms with Crippen LogP contribution in [-0.4, -0.2) is 66.5 Å². The monoisotopic (exact) mass is 621 g/mol. The molecular weight excluding hydrogens is 586 g/mol. The van der Waals surface area contributed by atoms with Gasteiger partial charge in [-0.25, -0.2) is 4.98 Å². The lowest BCUT2D eigenvalue weighted by molar-refractivity contribution is -0.0335. The van der Waals surface area contributed by atoms with E-state index in [0.29, 0.717) is 31.1 Å². The highest BCUT2D eigenvalue weighted by Gasteiger charge is 2.43. The summed E-state index contributed by atoms with van der Waals surface area (Å²) in [7, 11) is 0. The maximum absolute atomic E-state index is 12.5. The quantitative estimate of drug-likeness (QED) is 0.257. The summed E-state index contributed by atoms with van der Waals surface area (Å²) in [5, 5.41) is 14.2. The first-order chi connectivity index (χ1) is 19.4. The number of morpholine rings is 1. The maximum Gasteiger partial charge on any atom is 0.133 e. The number of aliphatic hydroxyl groups is 1. The number of pyridine rings is 1. The number of anilines is 1. The Morgan fingerprint density at radius 3 is 2.48 bits per heavy atom. The molecule has 0 bridgehead atoms. The van der Waals surface area contributed by atoms with E-state index in [1.165, 1.54) is 5.57 Å². The minimum atomic E-state index is -0.940. The van der Waals surface area contributed by atoms with Crippen molar-refractivity contribution in [3.05, 3.63) is 106 Å². The topological polar surface area (TPSA) is 48.8 Å². The molecule has 1 N–H and O–H groups in total. The Morgan fingerprint density at radius 1 is 1.07 bits per heavy atom. The molecule has 0 spiro atoms. The van der Waals surface area contributed by atoms with E-state index >= 15 is 0 Å². The molecule has 2 aromatic carbocycles. The van der Waals surface area contributed by atoms with Gasteiger partial charge < -0.3 is 19.6 Å². The number of hydrogen-bond donors (Lipinski definition) is 1. The standard InChI is InChI=1S/C33H37BrClN3O2/c1-3-5-24(4-2)12-15-37-16-13-33(39,14-17-37)31(25-6-9-28(35)10-7-25)29-23-26-22-27(34)8-11-30(26)36-32(29)38-18-20-40-21-19-38/h3-11,22-23,31,39H,1-2,12-21H2/b24-5+. The van der Waals surface area contributed by atoms with Crippen molar-refractivity contribution in [3.8, 4) is 0 Å². The number of aromatic nitrogens is 1. The van der Waals surface area contributed by atoms with Gasteiger partial charge in [-0.1, -0.05) is 71.0 Å². The van der Waals surface area contributed by atoms with Gasteiger partial charge in [0.15, 0.2) is 0 Å². The Bertz CT molecular complexity index is 1380. The van der Waals surface area contributed by atoms with Gasteiger partial charge in [0.2, 0.25) is 0 Å².